The molecule has 0 atom stereocenters. The Hall–Kier alpha value is -4.56. The number of carbonyl (C=O) groups excluding carboxylic acids is 2. The highest BCUT2D eigenvalue weighted by Gasteiger charge is 2.17. The van der Waals surface area contributed by atoms with Gasteiger partial charge in [-0.2, -0.15) is 4.98 Å². The number of hydrogen-bond donors (Lipinski definition) is 2. The van der Waals surface area contributed by atoms with E-state index in [1.54, 1.807) is 43.3 Å². The van der Waals surface area contributed by atoms with E-state index in [2.05, 4.69) is 20.8 Å². The van der Waals surface area contributed by atoms with Crippen molar-refractivity contribution in [3.8, 4) is 11.3 Å². The van der Waals surface area contributed by atoms with Crippen LogP contribution in [0.25, 0.3) is 22.2 Å². The number of pyridine rings is 1. The second-order valence-corrected chi connectivity index (χ2v) is 10.0. The van der Waals surface area contributed by atoms with Gasteiger partial charge in [0.25, 0.3) is 11.8 Å². The lowest BCUT2D eigenvalue weighted by atomic mass is 9.99. The van der Waals surface area contributed by atoms with Crippen molar-refractivity contribution in [3.63, 3.8) is 0 Å². The molecule has 0 aliphatic rings. The largest absolute Gasteiger partial charge is 0.352 e. The number of fused-ring (bicyclic) bond motifs is 1. The Morgan fingerprint density at radius 3 is 2.42 bits per heavy atom. The molecule has 0 radical (unpaired) electrons. The van der Waals surface area contributed by atoms with Gasteiger partial charge in [-0.3, -0.25) is 9.59 Å². The van der Waals surface area contributed by atoms with Gasteiger partial charge in [-0.25, -0.2) is 4.98 Å². The number of aryl methyl sites for hydroxylation is 4. The molecule has 2 aromatic heterocycles. The summed E-state index contributed by atoms with van der Waals surface area (Å²) in [5.74, 6) is 0.668. The highest BCUT2D eigenvalue weighted by Crippen LogP contribution is 2.32. The number of rotatable bonds is 8. The van der Waals surface area contributed by atoms with Crippen LogP contribution in [0.2, 0.25) is 5.02 Å². The molecule has 0 fully saturated rings. The first-order valence-corrected chi connectivity index (χ1v) is 13.3. The van der Waals surface area contributed by atoms with Crippen LogP contribution in [-0.2, 0) is 6.42 Å². The van der Waals surface area contributed by atoms with Crippen LogP contribution in [0.3, 0.4) is 0 Å². The van der Waals surface area contributed by atoms with Crippen molar-refractivity contribution < 1.29 is 14.1 Å². The van der Waals surface area contributed by atoms with Gasteiger partial charge in [0.1, 0.15) is 0 Å². The van der Waals surface area contributed by atoms with Crippen molar-refractivity contribution >= 4 is 40.0 Å². The average molecular weight is 554 g/mol. The SMILES string of the molecule is Cc1cc(C)c2nc(-c3ccccc3Cl)cc(C(=O)Nc3ccc(C(=O)NCCCc4nc(C)no4)cc3)c2c1. The van der Waals surface area contributed by atoms with Crippen molar-refractivity contribution in [1.82, 2.24) is 20.4 Å². The zero-order valence-corrected chi connectivity index (χ0v) is 23.2. The fourth-order valence-corrected chi connectivity index (χ4v) is 4.80. The summed E-state index contributed by atoms with van der Waals surface area (Å²) in [4.78, 5) is 35.1. The number of aromatic nitrogens is 3. The molecule has 202 valence electrons. The van der Waals surface area contributed by atoms with Gasteiger partial charge >= 0.3 is 0 Å². The summed E-state index contributed by atoms with van der Waals surface area (Å²) in [7, 11) is 0. The first-order valence-electron chi connectivity index (χ1n) is 12.9. The number of nitrogens with one attached hydrogen (secondary N) is 2. The quantitative estimate of drug-likeness (QED) is 0.213. The predicted octanol–water partition coefficient (Wildman–Crippen LogP) is 6.48. The van der Waals surface area contributed by atoms with E-state index in [9.17, 15) is 9.59 Å². The summed E-state index contributed by atoms with van der Waals surface area (Å²) in [5.41, 5.74) is 5.68. The lowest BCUT2D eigenvalue weighted by Gasteiger charge is -2.14. The summed E-state index contributed by atoms with van der Waals surface area (Å²) >= 11 is 6.46. The molecule has 2 amide bonds. The lowest BCUT2D eigenvalue weighted by Crippen LogP contribution is -2.24. The van der Waals surface area contributed by atoms with Gasteiger partial charge in [0, 0.05) is 40.2 Å². The maximum atomic E-state index is 13.6. The molecule has 2 heterocycles. The molecule has 5 aromatic rings. The number of halogens is 1. The number of carbonyl (C=O) groups is 2. The molecule has 2 N–H and O–H groups in total. The summed E-state index contributed by atoms with van der Waals surface area (Å²) in [6.45, 7) is 6.21. The maximum Gasteiger partial charge on any atom is 0.256 e. The summed E-state index contributed by atoms with van der Waals surface area (Å²) < 4.78 is 5.08. The normalized spacial score (nSPS) is 11.0. The highest BCUT2D eigenvalue weighted by atomic mass is 35.5. The average Bonchev–Trinajstić information content (AvgIpc) is 3.36. The van der Waals surface area contributed by atoms with Crippen LogP contribution in [0.15, 0.2) is 71.3 Å². The maximum absolute atomic E-state index is 13.6. The number of amides is 2. The van der Waals surface area contributed by atoms with Gasteiger partial charge in [-0.15, -0.1) is 0 Å². The predicted molar refractivity (Wildman–Crippen MR) is 156 cm³/mol. The zero-order valence-electron chi connectivity index (χ0n) is 22.4. The van der Waals surface area contributed by atoms with Crippen molar-refractivity contribution in [2.45, 2.75) is 33.6 Å². The molecule has 40 heavy (non-hydrogen) atoms. The van der Waals surface area contributed by atoms with Gasteiger partial charge in [-0.05, 0) is 75.2 Å². The third kappa shape index (κ3) is 6.02. The van der Waals surface area contributed by atoms with Crippen LogP contribution in [0.1, 0.15) is 50.0 Å². The van der Waals surface area contributed by atoms with E-state index in [4.69, 9.17) is 21.1 Å². The second kappa shape index (κ2) is 11.7. The molecule has 8 nitrogen and oxygen atoms in total. The van der Waals surface area contributed by atoms with Gasteiger partial charge in [0.15, 0.2) is 5.82 Å². The molecule has 0 saturated heterocycles. The van der Waals surface area contributed by atoms with Crippen LogP contribution in [0.5, 0.6) is 0 Å². The molecule has 0 bridgehead atoms. The van der Waals surface area contributed by atoms with E-state index in [1.807, 2.05) is 44.2 Å². The second-order valence-electron chi connectivity index (χ2n) is 9.64. The molecule has 0 aliphatic heterocycles. The van der Waals surface area contributed by atoms with Crippen LogP contribution in [0, 0.1) is 20.8 Å². The molecular formula is C31H28ClN5O3. The Bertz CT molecular complexity index is 1710. The molecule has 0 saturated carbocycles. The fraction of sp³-hybridized carbons (Fsp3) is 0.194. The molecule has 0 unspecified atom stereocenters. The van der Waals surface area contributed by atoms with Crippen molar-refractivity contribution in [1.29, 1.82) is 0 Å². The Morgan fingerprint density at radius 1 is 0.925 bits per heavy atom. The number of benzene rings is 3. The van der Waals surface area contributed by atoms with E-state index >= 15 is 0 Å². The topological polar surface area (TPSA) is 110 Å². The third-order valence-corrected chi connectivity index (χ3v) is 6.80. The zero-order chi connectivity index (χ0) is 28.2. The molecule has 3 aromatic carbocycles. The number of nitrogens with zero attached hydrogens (tertiary/aromatic N) is 3. The highest BCUT2D eigenvalue weighted by molar-refractivity contribution is 6.33. The molecular weight excluding hydrogens is 526 g/mol. The molecule has 0 spiro atoms. The van der Waals surface area contributed by atoms with Crippen molar-refractivity contribution in [2.75, 3.05) is 11.9 Å². The van der Waals surface area contributed by atoms with E-state index in [-0.39, 0.29) is 11.8 Å². The van der Waals surface area contributed by atoms with E-state index < -0.39 is 0 Å². The third-order valence-electron chi connectivity index (χ3n) is 6.47. The molecule has 5 rings (SSSR count). The Morgan fingerprint density at radius 2 is 1.70 bits per heavy atom. The minimum Gasteiger partial charge on any atom is -0.352 e. The van der Waals surface area contributed by atoms with Crippen molar-refractivity contribution in [3.05, 3.63) is 106 Å². The van der Waals surface area contributed by atoms with Crippen LogP contribution < -0.4 is 10.6 Å². The number of anilines is 1. The van der Waals surface area contributed by atoms with Crippen LogP contribution >= 0.6 is 11.6 Å². The Kier molecular flexibility index (Phi) is 7.89. The smallest absolute Gasteiger partial charge is 0.256 e. The Balaban J connectivity index is 1.32. The van der Waals surface area contributed by atoms with E-state index in [0.717, 1.165) is 27.6 Å². The van der Waals surface area contributed by atoms with Gasteiger partial charge in [-0.1, -0.05) is 46.6 Å². The van der Waals surface area contributed by atoms with Crippen LogP contribution in [-0.4, -0.2) is 33.5 Å². The number of hydrogen-bond acceptors (Lipinski definition) is 6. The van der Waals surface area contributed by atoms with E-state index in [1.165, 1.54) is 0 Å². The fourth-order valence-electron chi connectivity index (χ4n) is 4.56. The van der Waals surface area contributed by atoms with Crippen molar-refractivity contribution in [2.24, 2.45) is 0 Å². The van der Waals surface area contributed by atoms with Gasteiger partial charge in [0.2, 0.25) is 5.89 Å². The summed E-state index contributed by atoms with van der Waals surface area (Å²) in [6.07, 6.45) is 1.27. The first kappa shape index (κ1) is 27.0. The minimum absolute atomic E-state index is 0.199. The lowest BCUT2D eigenvalue weighted by molar-refractivity contribution is 0.0952. The van der Waals surface area contributed by atoms with Gasteiger partial charge < -0.3 is 15.2 Å². The molecule has 0 aliphatic carbocycles. The van der Waals surface area contributed by atoms with Crippen LogP contribution in [0.4, 0.5) is 5.69 Å². The summed E-state index contributed by atoms with van der Waals surface area (Å²) in [6, 6.07) is 20.0. The molecule has 9 heteroatoms. The Labute approximate surface area is 236 Å². The standard InChI is InChI=1S/C31H28ClN5O3/c1-18-15-19(2)29-24(16-18)25(17-27(36-29)23-7-4-5-8-26(23)32)31(39)35-22-12-10-21(11-13-22)30(38)33-14-6-9-28-34-20(3)37-40-28/h4-5,7-8,10-13,15-17H,6,9,14H2,1-3H3,(H,33,38)(H,35,39). The summed E-state index contributed by atoms with van der Waals surface area (Å²) in [5, 5.41) is 10.9. The minimum atomic E-state index is -0.279. The monoisotopic (exact) mass is 553 g/mol. The first-order chi connectivity index (χ1) is 19.3. The van der Waals surface area contributed by atoms with E-state index in [0.29, 0.717) is 58.6 Å². The van der Waals surface area contributed by atoms with Gasteiger partial charge in [0.05, 0.1) is 16.8 Å².